The maximum Gasteiger partial charge on any atom is 0.513 e. The minimum Gasteiger partial charge on any atom is -0.437 e. The first-order valence-corrected chi connectivity index (χ1v) is 7.87. The Labute approximate surface area is 145 Å². The monoisotopic (exact) mass is 360 g/mol. The highest BCUT2D eigenvalue weighted by Gasteiger charge is 2.20. The molecule has 0 aliphatic heterocycles. The van der Waals surface area contributed by atoms with Gasteiger partial charge in [0, 0.05) is 15.5 Å². The van der Waals surface area contributed by atoms with Crippen molar-refractivity contribution in [3.8, 4) is 11.5 Å². The zero-order valence-electron chi connectivity index (χ0n) is 13.2. The largest absolute Gasteiger partial charge is 0.513 e. The van der Waals surface area contributed by atoms with E-state index in [4.69, 9.17) is 9.47 Å². The minimum absolute atomic E-state index is 0.0596. The summed E-state index contributed by atoms with van der Waals surface area (Å²) in [5.41, 5.74) is -0.219. The molecule has 3 rings (SSSR count). The molecule has 0 bridgehead atoms. The molecule has 128 valence electrons. The molecule has 0 fully saturated rings. The van der Waals surface area contributed by atoms with E-state index < -0.39 is 12.3 Å². The van der Waals surface area contributed by atoms with Crippen molar-refractivity contribution in [2.24, 2.45) is 0 Å². The number of hydrogen-bond donors (Lipinski definition) is 0. The van der Waals surface area contributed by atoms with Crippen molar-refractivity contribution in [2.45, 2.75) is 0 Å². The van der Waals surface area contributed by atoms with Crippen LogP contribution >= 0.6 is 11.3 Å². The van der Waals surface area contributed by atoms with Crippen molar-refractivity contribution in [3.05, 3.63) is 46.6 Å². The fourth-order valence-corrected chi connectivity index (χ4v) is 3.40. The second-order valence-electron chi connectivity index (χ2n) is 4.81. The molecule has 1 heterocycles. The first-order chi connectivity index (χ1) is 12.0. The summed E-state index contributed by atoms with van der Waals surface area (Å²) in [6.07, 6.45) is -1.99. The Morgan fingerprint density at radius 2 is 1.56 bits per heavy atom. The van der Waals surface area contributed by atoms with Gasteiger partial charge in [0.15, 0.2) is 16.9 Å². The molecule has 0 aliphatic rings. The zero-order valence-corrected chi connectivity index (χ0v) is 14.0. The lowest BCUT2D eigenvalue weighted by molar-refractivity contribution is 0.111. The number of carbonyl (C=O) groups is 2. The molecule has 7 nitrogen and oxygen atoms in total. The van der Waals surface area contributed by atoms with Gasteiger partial charge < -0.3 is 18.9 Å². The standard InChI is InChI=1S/C17H12O7S/c1-21-16(19)23-11-8-7-10-13(18)9-5-3-4-6-12(9)25-15(10)14(11)24-17(20)22-2/h3-8H,1-2H3. The van der Waals surface area contributed by atoms with Crippen molar-refractivity contribution < 1.29 is 28.5 Å². The summed E-state index contributed by atoms with van der Waals surface area (Å²) in [4.78, 5) is 35.7. The van der Waals surface area contributed by atoms with E-state index in [2.05, 4.69) is 9.47 Å². The van der Waals surface area contributed by atoms with Crippen LogP contribution in [0.25, 0.3) is 20.2 Å². The van der Waals surface area contributed by atoms with Gasteiger partial charge in [0.05, 0.1) is 18.9 Å². The molecule has 0 spiro atoms. The number of benzene rings is 2. The third kappa shape index (κ3) is 3.11. The average Bonchev–Trinajstić information content (AvgIpc) is 2.63. The highest BCUT2D eigenvalue weighted by Crippen LogP contribution is 2.39. The predicted molar refractivity (Wildman–Crippen MR) is 91.7 cm³/mol. The second kappa shape index (κ2) is 6.78. The summed E-state index contributed by atoms with van der Waals surface area (Å²) < 4.78 is 20.2. The van der Waals surface area contributed by atoms with E-state index in [1.54, 1.807) is 24.3 Å². The summed E-state index contributed by atoms with van der Waals surface area (Å²) in [6.45, 7) is 0. The maximum atomic E-state index is 12.7. The summed E-state index contributed by atoms with van der Waals surface area (Å²) in [5, 5.41) is 0.880. The number of fused-ring (bicyclic) bond motifs is 2. The second-order valence-corrected chi connectivity index (χ2v) is 5.86. The molecule has 25 heavy (non-hydrogen) atoms. The van der Waals surface area contributed by atoms with Crippen LogP contribution in [0.1, 0.15) is 0 Å². The van der Waals surface area contributed by atoms with E-state index in [-0.39, 0.29) is 16.9 Å². The van der Waals surface area contributed by atoms with Crippen LogP contribution in [0.5, 0.6) is 11.5 Å². The Balaban J connectivity index is 2.32. The molecule has 3 aromatic rings. The van der Waals surface area contributed by atoms with E-state index in [9.17, 15) is 14.4 Å². The van der Waals surface area contributed by atoms with Crippen molar-refractivity contribution in [1.29, 1.82) is 0 Å². The van der Waals surface area contributed by atoms with Gasteiger partial charge in [-0.1, -0.05) is 12.1 Å². The Hall–Kier alpha value is -3.13. The molecule has 0 N–H and O–H groups in total. The summed E-state index contributed by atoms with van der Waals surface area (Å²) >= 11 is 1.23. The lowest BCUT2D eigenvalue weighted by Gasteiger charge is -2.12. The van der Waals surface area contributed by atoms with Gasteiger partial charge in [0.2, 0.25) is 0 Å². The lowest BCUT2D eigenvalue weighted by atomic mass is 10.1. The normalized spacial score (nSPS) is 10.5. The summed E-state index contributed by atoms with van der Waals surface area (Å²) in [5.74, 6) is -0.140. The molecule has 0 amide bonds. The van der Waals surface area contributed by atoms with Crippen molar-refractivity contribution in [1.82, 2.24) is 0 Å². The third-order valence-electron chi connectivity index (χ3n) is 3.38. The fraction of sp³-hybridized carbons (Fsp3) is 0.118. The van der Waals surface area contributed by atoms with Crippen LogP contribution in [0.15, 0.2) is 41.2 Å². The van der Waals surface area contributed by atoms with Gasteiger partial charge in [-0.25, -0.2) is 9.59 Å². The van der Waals surface area contributed by atoms with E-state index >= 15 is 0 Å². The third-order valence-corrected chi connectivity index (χ3v) is 4.56. The highest BCUT2D eigenvalue weighted by atomic mass is 32.1. The maximum absolute atomic E-state index is 12.7. The van der Waals surface area contributed by atoms with Gasteiger partial charge in [-0.15, -0.1) is 11.3 Å². The smallest absolute Gasteiger partial charge is 0.437 e. The average molecular weight is 360 g/mol. The van der Waals surface area contributed by atoms with Crippen molar-refractivity contribution in [3.63, 3.8) is 0 Å². The molecule has 0 aliphatic carbocycles. The van der Waals surface area contributed by atoms with E-state index in [0.717, 1.165) is 14.2 Å². The minimum atomic E-state index is -1.00. The van der Waals surface area contributed by atoms with Gasteiger partial charge in [0.1, 0.15) is 0 Å². The van der Waals surface area contributed by atoms with Crippen LogP contribution in [0, 0.1) is 0 Å². The topological polar surface area (TPSA) is 88.1 Å². The van der Waals surface area contributed by atoms with Gasteiger partial charge in [-0.3, -0.25) is 4.79 Å². The molecular formula is C17H12O7S. The number of rotatable bonds is 2. The first-order valence-electron chi connectivity index (χ1n) is 7.05. The van der Waals surface area contributed by atoms with Crippen LogP contribution in [-0.4, -0.2) is 26.5 Å². The molecule has 0 atom stereocenters. The van der Waals surface area contributed by atoms with Gasteiger partial charge in [0.25, 0.3) is 0 Å². The number of hydrogen-bond acceptors (Lipinski definition) is 8. The Morgan fingerprint density at radius 3 is 2.28 bits per heavy atom. The molecule has 0 radical (unpaired) electrons. The molecule has 0 saturated heterocycles. The van der Waals surface area contributed by atoms with E-state index in [1.165, 1.54) is 23.5 Å². The van der Waals surface area contributed by atoms with Crippen LogP contribution < -0.4 is 14.9 Å². The molecule has 8 heteroatoms. The quantitative estimate of drug-likeness (QED) is 0.391. The highest BCUT2D eigenvalue weighted by molar-refractivity contribution is 7.25. The van der Waals surface area contributed by atoms with E-state index in [0.29, 0.717) is 20.2 Å². The van der Waals surface area contributed by atoms with Crippen molar-refractivity contribution >= 4 is 43.8 Å². The molecule has 1 aromatic heterocycles. The van der Waals surface area contributed by atoms with Gasteiger partial charge in [-0.2, -0.15) is 0 Å². The Bertz CT molecular complexity index is 1040. The first kappa shape index (κ1) is 16.7. The van der Waals surface area contributed by atoms with Gasteiger partial charge in [-0.05, 0) is 24.3 Å². The number of methoxy groups -OCH3 is 2. The van der Waals surface area contributed by atoms with Crippen LogP contribution in [-0.2, 0) is 9.47 Å². The predicted octanol–water partition coefficient (Wildman–Crippen LogP) is 3.71. The van der Waals surface area contributed by atoms with Crippen molar-refractivity contribution in [2.75, 3.05) is 14.2 Å². The molecule has 0 unspecified atom stereocenters. The van der Waals surface area contributed by atoms with Crippen LogP contribution in [0.2, 0.25) is 0 Å². The lowest BCUT2D eigenvalue weighted by Crippen LogP contribution is -2.13. The van der Waals surface area contributed by atoms with Crippen LogP contribution in [0.3, 0.4) is 0 Å². The number of carbonyl (C=O) groups excluding carboxylic acids is 2. The number of ether oxygens (including phenoxy) is 4. The SMILES string of the molecule is COC(=O)Oc1ccc2c(=O)c3ccccc3sc2c1OC(=O)OC. The molecule has 2 aromatic carbocycles. The van der Waals surface area contributed by atoms with E-state index in [1.807, 2.05) is 0 Å². The Kier molecular flexibility index (Phi) is 4.53. The Morgan fingerprint density at radius 1 is 0.880 bits per heavy atom. The fourth-order valence-electron chi connectivity index (χ4n) is 2.26. The molecule has 0 saturated carbocycles. The van der Waals surface area contributed by atoms with Gasteiger partial charge >= 0.3 is 12.3 Å². The summed E-state index contributed by atoms with van der Waals surface area (Å²) in [6, 6.07) is 9.91. The molecular weight excluding hydrogens is 348 g/mol. The summed E-state index contributed by atoms with van der Waals surface area (Å²) in [7, 11) is 2.29. The zero-order chi connectivity index (χ0) is 18.0. The van der Waals surface area contributed by atoms with Crippen LogP contribution in [0.4, 0.5) is 9.59 Å².